The van der Waals surface area contributed by atoms with Crippen LogP contribution in [0, 0.1) is 5.92 Å². The van der Waals surface area contributed by atoms with E-state index in [1.54, 1.807) is 45.6 Å². The summed E-state index contributed by atoms with van der Waals surface area (Å²) in [5, 5.41) is 5.93. The van der Waals surface area contributed by atoms with Crippen LogP contribution in [-0.4, -0.2) is 43.6 Å². The minimum Gasteiger partial charge on any atom is -0.342 e. The molecule has 1 amide bonds. The van der Waals surface area contributed by atoms with Gasteiger partial charge in [0.1, 0.15) is 11.5 Å². The summed E-state index contributed by atoms with van der Waals surface area (Å²) < 4.78 is 42.2. The van der Waals surface area contributed by atoms with Crippen LogP contribution >= 0.6 is 11.3 Å². The molecule has 10 heteroatoms. The molecule has 4 rings (SSSR count). The lowest BCUT2D eigenvalue weighted by Crippen LogP contribution is -2.43. The van der Waals surface area contributed by atoms with Gasteiger partial charge < -0.3 is 4.90 Å². The van der Waals surface area contributed by atoms with E-state index in [2.05, 4.69) is 15.1 Å². The van der Waals surface area contributed by atoms with Crippen molar-refractivity contribution in [1.29, 1.82) is 0 Å². The molecule has 1 aliphatic heterocycles. The molecule has 0 unspecified atom stereocenters. The Morgan fingerprint density at radius 3 is 2.84 bits per heavy atom. The molecular formula is C21H22F3N5OS. The Morgan fingerprint density at radius 1 is 1.32 bits per heavy atom. The number of piperidine rings is 1. The molecule has 3 aromatic rings. The molecule has 0 radical (unpaired) electrons. The van der Waals surface area contributed by atoms with Gasteiger partial charge in [-0.1, -0.05) is 13.0 Å². The van der Waals surface area contributed by atoms with E-state index >= 15 is 0 Å². The molecule has 4 heterocycles. The van der Waals surface area contributed by atoms with Gasteiger partial charge in [0, 0.05) is 31.4 Å². The first-order chi connectivity index (χ1) is 14.8. The van der Waals surface area contributed by atoms with Gasteiger partial charge in [-0.15, -0.1) is 11.3 Å². The summed E-state index contributed by atoms with van der Waals surface area (Å²) in [6, 6.07) is 6.30. The second-order valence-corrected chi connectivity index (χ2v) is 8.67. The first kappa shape index (κ1) is 21.5. The van der Waals surface area contributed by atoms with Crippen LogP contribution in [-0.2, 0) is 17.5 Å². The van der Waals surface area contributed by atoms with Crippen molar-refractivity contribution in [2.45, 2.75) is 38.4 Å². The van der Waals surface area contributed by atoms with Gasteiger partial charge in [0.15, 0.2) is 0 Å². The Labute approximate surface area is 181 Å². The third-order valence-electron chi connectivity index (χ3n) is 5.35. The molecule has 6 nitrogen and oxygen atoms in total. The van der Waals surface area contributed by atoms with Crippen molar-refractivity contribution in [1.82, 2.24) is 24.6 Å². The van der Waals surface area contributed by atoms with Gasteiger partial charge in [0.25, 0.3) is 0 Å². The van der Waals surface area contributed by atoms with Crippen LogP contribution in [0.25, 0.3) is 10.6 Å². The van der Waals surface area contributed by atoms with Crippen LogP contribution in [0.2, 0.25) is 0 Å². The average Bonchev–Trinajstić information content (AvgIpc) is 3.47. The maximum atomic E-state index is 13.5. The lowest BCUT2D eigenvalue weighted by atomic mass is 9.95. The molecular weight excluding hydrogens is 427 g/mol. The first-order valence-electron chi connectivity index (χ1n) is 10.1. The third kappa shape index (κ3) is 4.95. The number of rotatable bonds is 5. The second kappa shape index (κ2) is 8.78. The van der Waals surface area contributed by atoms with Crippen molar-refractivity contribution < 1.29 is 18.0 Å². The third-order valence-corrected chi connectivity index (χ3v) is 6.24. The molecule has 0 bridgehead atoms. The summed E-state index contributed by atoms with van der Waals surface area (Å²) in [7, 11) is 0. The Hall–Kier alpha value is -2.75. The number of carbonyl (C=O) groups is 1. The summed E-state index contributed by atoms with van der Waals surface area (Å²) in [5.74, 6) is -0.514. The molecule has 1 fully saturated rings. The zero-order valence-electron chi connectivity index (χ0n) is 16.9. The van der Waals surface area contributed by atoms with Crippen molar-refractivity contribution in [2.24, 2.45) is 5.92 Å². The summed E-state index contributed by atoms with van der Waals surface area (Å²) in [5.41, 5.74) is -0.681. The van der Waals surface area contributed by atoms with E-state index in [9.17, 15) is 18.0 Å². The molecule has 0 spiro atoms. The maximum Gasteiger partial charge on any atom is 0.433 e. The van der Waals surface area contributed by atoms with Crippen LogP contribution in [0.4, 0.5) is 13.2 Å². The monoisotopic (exact) mass is 449 g/mol. The molecule has 3 aromatic heterocycles. The van der Waals surface area contributed by atoms with Crippen molar-refractivity contribution in [3.8, 4) is 10.6 Å². The van der Waals surface area contributed by atoms with E-state index in [0.29, 0.717) is 37.4 Å². The van der Waals surface area contributed by atoms with E-state index < -0.39 is 11.9 Å². The van der Waals surface area contributed by atoms with Crippen molar-refractivity contribution >= 4 is 17.2 Å². The van der Waals surface area contributed by atoms with Crippen LogP contribution < -0.4 is 0 Å². The van der Waals surface area contributed by atoms with E-state index in [0.717, 1.165) is 6.07 Å². The summed E-state index contributed by atoms with van der Waals surface area (Å²) in [4.78, 5) is 23.6. The highest BCUT2D eigenvalue weighted by atomic mass is 32.1. The smallest absolute Gasteiger partial charge is 0.342 e. The lowest BCUT2D eigenvalue weighted by Gasteiger charge is -2.34. The number of hydrogen-bond acceptors (Lipinski definition) is 5. The molecule has 1 saturated heterocycles. The summed E-state index contributed by atoms with van der Waals surface area (Å²) >= 11 is 1.33. The van der Waals surface area contributed by atoms with Gasteiger partial charge in [-0.2, -0.15) is 18.3 Å². The topological polar surface area (TPSA) is 63.9 Å². The van der Waals surface area contributed by atoms with Crippen LogP contribution in [0.15, 0.2) is 42.0 Å². The van der Waals surface area contributed by atoms with Gasteiger partial charge in [-0.3, -0.25) is 9.48 Å². The molecule has 31 heavy (non-hydrogen) atoms. The first-order valence-corrected chi connectivity index (χ1v) is 11.0. The predicted molar refractivity (Wildman–Crippen MR) is 110 cm³/mol. The second-order valence-electron chi connectivity index (χ2n) is 7.72. The quantitative estimate of drug-likeness (QED) is 0.577. The molecule has 0 saturated carbocycles. The minimum absolute atomic E-state index is 0.0364. The van der Waals surface area contributed by atoms with Gasteiger partial charge in [0.2, 0.25) is 5.91 Å². The number of aromatic nitrogens is 4. The molecule has 0 aliphatic carbocycles. The number of amides is 1. The fourth-order valence-corrected chi connectivity index (χ4v) is 4.50. The van der Waals surface area contributed by atoms with E-state index in [4.69, 9.17) is 0 Å². The average molecular weight is 450 g/mol. The maximum absolute atomic E-state index is 13.5. The number of thiophene rings is 1. The predicted octanol–water partition coefficient (Wildman–Crippen LogP) is 4.46. The van der Waals surface area contributed by atoms with E-state index in [-0.39, 0.29) is 29.3 Å². The van der Waals surface area contributed by atoms with Crippen molar-refractivity contribution in [2.75, 3.05) is 13.1 Å². The van der Waals surface area contributed by atoms with Gasteiger partial charge in [0.05, 0.1) is 23.0 Å². The molecule has 0 N–H and O–H groups in total. The van der Waals surface area contributed by atoms with Crippen LogP contribution in [0.3, 0.4) is 0 Å². The molecule has 0 aromatic carbocycles. The number of halogens is 3. The lowest BCUT2D eigenvalue weighted by molar-refractivity contribution is -0.141. The zero-order chi connectivity index (χ0) is 22.0. The highest BCUT2D eigenvalue weighted by molar-refractivity contribution is 7.13. The SMILES string of the molecule is C[C@@H](Cn1cccn1)C(=O)N1CCC[C@@H](c2nc(-c3cccs3)cc(C(F)(F)F)n2)C1. The number of hydrogen-bond donors (Lipinski definition) is 0. The van der Waals surface area contributed by atoms with Gasteiger partial charge in [-0.25, -0.2) is 9.97 Å². The standard InChI is InChI=1S/C21H22F3N5OS/c1-14(12-29-9-4-7-25-29)20(30)28-8-2-5-15(13-28)19-26-16(17-6-3-10-31-17)11-18(27-19)21(22,23)24/h3-4,6-7,9-11,14-15H,2,5,8,12-13H2,1H3/t14-,15+/m0/s1. The molecule has 1 aliphatic rings. The highest BCUT2D eigenvalue weighted by Gasteiger charge is 2.36. The fraction of sp³-hybridized carbons (Fsp3) is 0.429. The van der Waals surface area contributed by atoms with Gasteiger partial charge >= 0.3 is 6.18 Å². The molecule has 164 valence electrons. The Kier molecular flexibility index (Phi) is 6.08. The number of nitrogens with zero attached hydrogens (tertiary/aromatic N) is 5. The van der Waals surface area contributed by atoms with Crippen molar-refractivity contribution in [3.63, 3.8) is 0 Å². The van der Waals surface area contributed by atoms with E-state index in [1.807, 2.05) is 6.92 Å². The number of alkyl halides is 3. The Morgan fingerprint density at radius 2 is 2.16 bits per heavy atom. The Bertz CT molecular complexity index is 1020. The zero-order valence-corrected chi connectivity index (χ0v) is 17.7. The largest absolute Gasteiger partial charge is 0.433 e. The number of carbonyl (C=O) groups excluding carboxylic acids is 1. The Balaban J connectivity index is 1.56. The van der Waals surface area contributed by atoms with Crippen LogP contribution in [0.1, 0.15) is 37.2 Å². The van der Waals surface area contributed by atoms with E-state index in [1.165, 1.54) is 11.3 Å². The summed E-state index contributed by atoms with van der Waals surface area (Å²) in [6.07, 6.45) is 0.225. The van der Waals surface area contributed by atoms with Gasteiger partial charge in [-0.05, 0) is 36.4 Å². The normalized spacial score (nSPS) is 18.2. The number of likely N-dealkylation sites (tertiary alicyclic amines) is 1. The van der Waals surface area contributed by atoms with Crippen LogP contribution in [0.5, 0.6) is 0 Å². The minimum atomic E-state index is -4.56. The summed E-state index contributed by atoms with van der Waals surface area (Å²) in [6.45, 7) is 3.18. The fourth-order valence-electron chi connectivity index (χ4n) is 3.81. The highest BCUT2D eigenvalue weighted by Crippen LogP contribution is 2.34. The van der Waals surface area contributed by atoms with Crippen molar-refractivity contribution in [3.05, 3.63) is 53.6 Å². The molecule has 2 atom stereocenters.